The maximum absolute atomic E-state index is 12.6. The minimum Gasteiger partial charge on any atom is -0.343 e. The van der Waals surface area contributed by atoms with E-state index in [0.717, 1.165) is 32.4 Å². The van der Waals surface area contributed by atoms with E-state index >= 15 is 0 Å². The molecule has 1 N–H and O–H groups in total. The number of likely N-dealkylation sites (tertiary alicyclic amines) is 1. The number of nitrogens with zero attached hydrogens (tertiary/aromatic N) is 4. The molecule has 0 bridgehead atoms. The molecule has 2 amide bonds. The highest BCUT2D eigenvalue weighted by atomic mass is 16.2. The minimum absolute atomic E-state index is 0.0205. The monoisotopic (exact) mass is 435 g/mol. The maximum atomic E-state index is 12.6. The van der Waals surface area contributed by atoms with E-state index in [1.807, 2.05) is 11.0 Å². The number of benzene rings is 1. The van der Waals surface area contributed by atoms with Crippen molar-refractivity contribution in [3.63, 3.8) is 0 Å². The molecule has 0 atom stereocenters. The molecule has 8 heteroatoms. The second kappa shape index (κ2) is 9.38. The van der Waals surface area contributed by atoms with Gasteiger partial charge in [-0.2, -0.15) is 0 Å². The molecule has 1 aliphatic heterocycles. The van der Waals surface area contributed by atoms with Crippen LogP contribution in [0.1, 0.15) is 31.2 Å². The summed E-state index contributed by atoms with van der Waals surface area (Å²) in [6.07, 6.45) is 3.33. The first-order valence-corrected chi connectivity index (χ1v) is 11.1. The van der Waals surface area contributed by atoms with Gasteiger partial charge in [0, 0.05) is 40.0 Å². The Balaban J connectivity index is 1.25. The Bertz CT molecular complexity index is 1170. The third-order valence-corrected chi connectivity index (χ3v) is 6.28. The van der Waals surface area contributed by atoms with Gasteiger partial charge in [0.25, 0.3) is 0 Å². The van der Waals surface area contributed by atoms with Crippen LogP contribution in [0.5, 0.6) is 0 Å². The van der Waals surface area contributed by atoms with E-state index in [-0.39, 0.29) is 30.3 Å². The summed E-state index contributed by atoms with van der Waals surface area (Å²) in [6, 6.07) is 13.9. The zero-order valence-corrected chi connectivity index (χ0v) is 18.6. The number of pyridine rings is 1. The smallest absolute Gasteiger partial charge is 0.329 e. The molecular weight excluding hydrogens is 406 g/mol. The van der Waals surface area contributed by atoms with Crippen LogP contribution in [0.25, 0.3) is 11.2 Å². The molecule has 0 spiro atoms. The van der Waals surface area contributed by atoms with Gasteiger partial charge in [-0.15, -0.1) is 0 Å². The SMILES string of the molecule is Cn1c(=O)n(C)c2nc(NC(=O)CCC(=O)N3CCC(Cc4ccccc4)CC3)ccc21. The number of nitrogens with one attached hydrogen (secondary N) is 1. The highest BCUT2D eigenvalue weighted by molar-refractivity contribution is 5.93. The van der Waals surface area contributed by atoms with E-state index in [9.17, 15) is 14.4 Å². The van der Waals surface area contributed by atoms with E-state index in [4.69, 9.17) is 0 Å². The van der Waals surface area contributed by atoms with Crippen LogP contribution in [-0.4, -0.2) is 43.9 Å². The first kappa shape index (κ1) is 21.8. The summed E-state index contributed by atoms with van der Waals surface area (Å²) in [5.41, 5.74) is 2.37. The molecule has 8 nitrogen and oxygen atoms in total. The maximum Gasteiger partial charge on any atom is 0.329 e. The van der Waals surface area contributed by atoms with Crippen LogP contribution in [0.2, 0.25) is 0 Å². The fraction of sp³-hybridized carbons (Fsp3) is 0.417. The molecule has 4 rings (SSSR count). The fourth-order valence-corrected chi connectivity index (χ4v) is 4.36. The van der Waals surface area contributed by atoms with Crippen LogP contribution >= 0.6 is 0 Å². The van der Waals surface area contributed by atoms with Crippen molar-refractivity contribution >= 4 is 28.8 Å². The van der Waals surface area contributed by atoms with Gasteiger partial charge in [0.2, 0.25) is 11.8 Å². The van der Waals surface area contributed by atoms with E-state index in [1.165, 1.54) is 14.7 Å². The normalized spacial score (nSPS) is 14.6. The number of anilines is 1. The molecule has 0 unspecified atom stereocenters. The largest absolute Gasteiger partial charge is 0.343 e. The van der Waals surface area contributed by atoms with E-state index in [2.05, 4.69) is 34.6 Å². The Hall–Kier alpha value is -3.42. The molecule has 1 fully saturated rings. The van der Waals surface area contributed by atoms with Crippen LogP contribution in [0.4, 0.5) is 5.82 Å². The summed E-state index contributed by atoms with van der Waals surface area (Å²) in [6.45, 7) is 1.50. The Morgan fingerprint density at radius 3 is 2.44 bits per heavy atom. The van der Waals surface area contributed by atoms with Crippen LogP contribution in [0.15, 0.2) is 47.3 Å². The lowest BCUT2D eigenvalue weighted by atomic mass is 9.90. The lowest BCUT2D eigenvalue weighted by Crippen LogP contribution is -2.39. The first-order valence-electron chi connectivity index (χ1n) is 11.1. The Kier molecular flexibility index (Phi) is 6.39. The predicted octanol–water partition coefficient (Wildman–Crippen LogP) is 2.47. The van der Waals surface area contributed by atoms with Crippen molar-refractivity contribution in [1.82, 2.24) is 19.0 Å². The van der Waals surface area contributed by atoms with Gasteiger partial charge in [0.15, 0.2) is 5.65 Å². The van der Waals surface area contributed by atoms with Gasteiger partial charge >= 0.3 is 5.69 Å². The van der Waals surface area contributed by atoms with Crippen molar-refractivity contribution in [2.45, 2.75) is 32.1 Å². The highest BCUT2D eigenvalue weighted by Gasteiger charge is 2.23. The number of amides is 2. The Morgan fingerprint density at radius 1 is 1.00 bits per heavy atom. The van der Waals surface area contributed by atoms with Gasteiger partial charge < -0.3 is 10.2 Å². The van der Waals surface area contributed by atoms with Crippen LogP contribution in [-0.2, 0) is 30.1 Å². The summed E-state index contributed by atoms with van der Waals surface area (Å²) in [4.78, 5) is 43.2. The van der Waals surface area contributed by atoms with Crippen LogP contribution in [0, 0.1) is 5.92 Å². The van der Waals surface area contributed by atoms with E-state index in [1.54, 1.807) is 26.2 Å². The molecular formula is C24H29N5O3. The zero-order valence-electron chi connectivity index (χ0n) is 18.6. The Morgan fingerprint density at radius 2 is 1.72 bits per heavy atom. The topological polar surface area (TPSA) is 89.2 Å². The van der Waals surface area contributed by atoms with Crippen molar-refractivity contribution in [1.29, 1.82) is 0 Å². The van der Waals surface area contributed by atoms with Crippen molar-refractivity contribution in [2.75, 3.05) is 18.4 Å². The number of carbonyl (C=O) groups is 2. The minimum atomic E-state index is -0.259. The summed E-state index contributed by atoms with van der Waals surface area (Å²) in [5.74, 6) is 0.731. The number of rotatable bonds is 6. The average Bonchev–Trinajstić information content (AvgIpc) is 3.02. The fourth-order valence-electron chi connectivity index (χ4n) is 4.36. The summed E-state index contributed by atoms with van der Waals surface area (Å²) in [5, 5.41) is 2.74. The van der Waals surface area contributed by atoms with Crippen molar-refractivity contribution in [3.8, 4) is 0 Å². The molecule has 168 valence electrons. The first-order chi connectivity index (χ1) is 15.4. The molecule has 0 radical (unpaired) electrons. The number of imidazole rings is 1. The Labute approximate surface area is 186 Å². The lowest BCUT2D eigenvalue weighted by Gasteiger charge is -2.32. The van der Waals surface area contributed by atoms with Crippen molar-refractivity contribution in [2.24, 2.45) is 20.0 Å². The molecule has 32 heavy (non-hydrogen) atoms. The number of carbonyl (C=O) groups excluding carboxylic acids is 2. The summed E-state index contributed by atoms with van der Waals surface area (Å²) >= 11 is 0. The average molecular weight is 436 g/mol. The van der Waals surface area contributed by atoms with E-state index in [0.29, 0.717) is 22.9 Å². The highest BCUT2D eigenvalue weighted by Crippen LogP contribution is 2.22. The molecule has 3 heterocycles. The quantitative estimate of drug-likeness (QED) is 0.644. The number of aryl methyl sites for hydroxylation is 2. The van der Waals surface area contributed by atoms with E-state index < -0.39 is 0 Å². The molecule has 3 aromatic rings. The van der Waals surface area contributed by atoms with Gasteiger partial charge in [0.1, 0.15) is 5.82 Å². The van der Waals surface area contributed by atoms with Gasteiger partial charge in [-0.05, 0) is 42.9 Å². The van der Waals surface area contributed by atoms with Crippen molar-refractivity contribution in [3.05, 3.63) is 58.5 Å². The van der Waals surface area contributed by atoms with Crippen LogP contribution < -0.4 is 11.0 Å². The third kappa shape index (κ3) is 4.74. The van der Waals surface area contributed by atoms with Crippen molar-refractivity contribution < 1.29 is 9.59 Å². The number of piperidine rings is 1. The lowest BCUT2D eigenvalue weighted by molar-refractivity contribution is -0.134. The van der Waals surface area contributed by atoms with Gasteiger partial charge in [-0.3, -0.25) is 18.7 Å². The third-order valence-electron chi connectivity index (χ3n) is 6.28. The molecule has 2 aromatic heterocycles. The summed E-state index contributed by atoms with van der Waals surface area (Å²) in [7, 11) is 3.33. The standard InChI is InChI=1S/C24H29N5O3/c1-27-19-8-9-20(26-23(19)28(2)24(27)32)25-21(30)10-11-22(31)29-14-12-18(13-15-29)16-17-6-4-3-5-7-17/h3-9,18H,10-16H2,1-2H3,(H,25,26,30). The number of hydrogen-bond acceptors (Lipinski definition) is 4. The molecule has 1 aromatic carbocycles. The number of hydrogen-bond donors (Lipinski definition) is 1. The summed E-state index contributed by atoms with van der Waals surface area (Å²) < 4.78 is 2.95. The van der Waals surface area contributed by atoms with Gasteiger partial charge in [-0.25, -0.2) is 9.78 Å². The molecule has 0 aliphatic carbocycles. The van der Waals surface area contributed by atoms with Crippen LogP contribution in [0.3, 0.4) is 0 Å². The number of fused-ring (bicyclic) bond motifs is 1. The second-order valence-electron chi connectivity index (χ2n) is 8.50. The van der Waals surface area contributed by atoms with Gasteiger partial charge in [0.05, 0.1) is 5.52 Å². The molecule has 1 saturated heterocycles. The molecule has 0 saturated carbocycles. The molecule has 1 aliphatic rings. The predicted molar refractivity (Wildman–Crippen MR) is 123 cm³/mol. The second-order valence-corrected chi connectivity index (χ2v) is 8.50. The van der Waals surface area contributed by atoms with Gasteiger partial charge in [-0.1, -0.05) is 30.3 Å². The number of aromatic nitrogens is 3. The zero-order chi connectivity index (χ0) is 22.7.